The van der Waals surface area contributed by atoms with Crippen LogP contribution in [0.15, 0.2) is 50.8 Å². The summed E-state index contributed by atoms with van der Waals surface area (Å²) in [6, 6.07) is 8.23. The minimum atomic E-state index is 0.121. The average Bonchev–Trinajstić information content (AvgIpc) is 2.75. The summed E-state index contributed by atoms with van der Waals surface area (Å²) >= 11 is 1.56. The van der Waals surface area contributed by atoms with E-state index in [4.69, 9.17) is 0 Å². The maximum Gasteiger partial charge on any atom is 0.152 e. The maximum atomic E-state index is 11.4. The third-order valence-electron chi connectivity index (χ3n) is 3.50. The molecular formula is C16H15NOS. The molecule has 2 nitrogen and oxygen atoms in total. The van der Waals surface area contributed by atoms with Gasteiger partial charge >= 0.3 is 0 Å². The van der Waals surface area contributed by atoms with Crippen LogP contribution in [-0.2, 0) is 4.79 Å². The molecule has 0 amide bonds. The molecule has 0 radical (unpaired) electrons. The van der Waals surface area contributed by atoms with Crippen molar-refractivity contribution in [1.29, 1.82) is 0 Å². The van der Waals surface area contributed by atoms with Gasteiger partial charge in [0.25, 0.3) is 0 Å². The first-order valence-corrected chi connectivity index (χ1v) is 7.26. The smallest absolute Gasteiger partial charge is 0.152 e. The van der Waals surface area contributed by atoms with Crippen LogP contribution in [0.5, 0.6) is 0 Å². The first-order chi connectivity index (χ1) is 9.20. The molecule has 1 aliphatic heterocycles. The van der Waals surface area contributed by atoms with E-state index in [1.54, 1.807) is 24.9 Å². The summed E-state index contributed by atoms with van der Waals surface area (Å²) in [5.41, 5.74) is 3.79. The Kier molecular flexibility index (Phi) is 3.15. The Morgan fingerprint density at radius 1 is 1.42 bits per heavy atom. The zero-order chi connectivity index (χ0) is 13.4. The second kappa shape index (κ2) is 4.82. The molecule has 1 heterocycles. The van der Waals surface area contributed by atoms with Crippen molar-refractivity contribution in [2.75, 3.05) is 0 Å². The summed E-state index contributed by atoms with van der Waals surface area (Å²) in [6.07, 6.45) is 3.58. The van der Waals surface area contributed by atoms with E-state index in [1.807, 2.05) is 18.2 Å². The molecule has 0 saturated carbocycles. The molecular weight excluding hydrogens is 254 g/mol. The van der Waals surface area contributed by atoms with Gasteiger partial charge in [-0.15, -0.1) is 0 Å². The van der Waals surface area contributed by atoms with Gasteiger partial charge < -0.3 is 0 Å². The highest BCUT2D eigenvalue weighted by Gasteiger charge is 2.26. The molecule has 0 saturated heterocycles. The number of hydrogen-bond acceptors (Lipinski definition) is 3. The third kappa shape index (κ3) is 2.08. The zero-order valence-electron chi connectivity index (χ0n) is 11.1. The molecule has 0 aromatic heterocycles. The average molecular weight is 269 g/mol. The van der Waals surface area contributed by atoms with Crippen LogP contribution in [0, 0.1) is 0 Å². The van der Waals surface area contributed by atoms with E-state index >= 15 is 0 Å². The summed E-state index contributed by atoms with van der Waals surface area (Å²) in [5.74, 6) is 0.121. The Morgan fingerprint density at radius 2 is 2.21 bits per heavy atom. The van der Waals surface area contributed by atoms with E-state index in [0.29, 0.717) is 0 Å². The number of allylic oxidation sites excluding steroid dienone is 4. The molecule has 1 aromatic carbocycles. The highest BCUT2D eigenvalue weighted by molar-refractivity contribution is 8.02. The zero-order valence-corrected chi connectivity index (χ0v) is 11.9. The lowest BCUT2D eigenvalue weighted by atomic mass is 10.0. The van der Waals surface area contributed by atoms with Crippen LogP contribution in [-0.4, -0.2) is 5.78 Å². The first-order valence-electron chi connectivity index (χ1n) is 6.49. The van der Waals surface area contributed by atoms with Crippen molar-refractivity contribution in [2.24, 2.45) is 4.40 Å². The van der Waals surface area contributed by atoms with Crippen molar-refractivity contribution in [1.82, 2.24) is 0 Å². The summed E-state index contributed by atoms with van der Waals surface area (Å²) in [4.78, 5) is 12.6. The van der Waals surface area contributed by atoms with E-state index in [1.165, 1.54) is 26.8 Å². The van der Waals surface area contributed by atoms with Gasteiger partial charge in [-0.3, -0.25) is 4.79 Å². The fourth-order valence-corrected chi connectivity index (χ4v) is 3.73. The molecule has 0 fully saturated rings. The molecule has 0 spiro atoms. The number of rotatable bonds is 2. The van der Waals surface area contributed by atoms with Gasteiger partial charge in [0.15, 0.2) is 5.78 Å². The largest absolute Gasteiger partial charge is 0.295 e. The van der Waals surface area contributed by atoms with Crippen molar-refractivity contribution in [3.05, 3.63) is 57.0 Å². The summed E-state index contributed by atoms with van der Waals surface area (Å²) < 4.78 is 4.57. The Labute approximate surface area is 116 Å². The third-order valence-corrected chi connectivity index (χ3v) is 4.46. The molecule has 0 bridgehead atoms. The Morgan fingerprint density at radius 3 is 2.95 bits per heavy atom. The molecule has 1 aliphatic carbocycles. The molecule has 2 aliphatic rings. The Bertz CT molecular complexity index is 740. The second-order valence-electron chi connectivity index (χ2n) is 4.80. The van der Waals surface area contributed by atoms with Crippen molar-refractivity contribution in [2.45, 2.75) is 26.7 Å². The highest BCUT2D eigenvalue weighted by atomic mass is 32.2. The summed E-state index contributed by atoms with van der Waals surface area (Å²) in [5, 5.41) is 2.26. The van der Waals surface area contributed by atoms with Crippen LogP contribution in [0.4, 0.5) is 0 Å². The number of fused-ring (bicyclic) bond motifs is 2. The lowest BCUT2D eigenvalue weighted by Gasteiger charge is -2.08. The molecule has 96 valence electrons. The van der Waals surface area contributed by atoms with Crippen LogP contribution >= 0.6 is 11.9 Å². The van der Waals surface area contributed by atoms with Crippen molar-refractivity contribution in [3.63, 3.8) is 0 Å². The molecule has 3 rings (SSSR count). The van der Waals surface area contributed by atoms with Gasteiger partial charge in [0.1, 0.15) is 0 Å². The number of hydrogen-bond donors (Lipinski definition) is 0. The van der Waals surface area contributed by atoms with Crippen LogP contribution in [0.25, 0.3) is 5.57 Å². The molecule has 0 N–H and O–H groups in total. The number of ketones is 1. The summed E-state index contributed by atoms with van der Waals surface area (Å²) in [7, 11) is 0. The minimum absolute atomic E-state index is 0.121. The normalized spacial score (nSPS) is 19.3. The van der Waals surface area contributed by atoms with Gasteiger partial charge in [-0.2, -0.15) is 0 Å². The van der Waals surface area contributed by atoms with Crippen molar-refractivity contribution in [3.8, 4) is 0 Å². The van der Waals surface area contributed by atoms with E-state index in [2.05, 4.69) is 17.4 Å². The van der Waals surface area contributed by atoms with Gasteiger partial charge in [0.2, 0.25) is 0 Å². The van der Waals surface area contributed by atoms with Gasteiger partial charge in [-0.05, 0) is 48.6 Å². The monoisotopic (exact) mass is 269 g/mol. The Hall–Kier alpha value is -1.61. The molecule has 0 atom stereocenters. The quantitative estimate of drug-likeness (QED) is 0.610. The number of benzene rings is 1. The van der Waals surface area contributed by atoms with Crippen LogP contribution in [0.3, 0.4) is 0 Å². The number of carbonyl (C=O) groups excluding carboxylic acids is 1. The van der Waals surface area contributed by atoms with Crippen LogP contribution in [0.2, 0.25) is 0 Å². The molecule has 3 heteroatoms. The molecule has 1 aromatic rings. The van der Waals surface area contributed by atoms with Crippen molar-refractivity contribution < 1.29 is 4.79 Å². The predicted octanol–water partition coefficient (Wildman–Crippen LogP) is 2.70. The van der Waals surface area contributed by atoms with E-state index in [9.17, 15) is 4.79 Å². The van der Waals surface area contributed by atoms with Gasteiger partial charge in [0.05, 0.1) is 5.36 Å². The highest BCUT2D eigenvalue weighted by Crippen LogP contribution is 2.44. The standard InChI is InChI=1S/C16H15NOS/c1-3-12-11(8-10(2)18)9-14-13-6-4-5-7-15(13)17-19-16(12)14/h4-8H,3,9H2,1-2H3. The SMILES string of the molecule is CCC1=C2SN=c3ccccc3=C2CC1=CC(C)=O. The van der Waals surface area contributed by atoms with E-state index in [0.717, 1.165) is 18.2 Å². The second-order valence-corrected chi connectivity index (χ2v) is 5.57. The van der Waals surface area contributed by atoms with Crippen molar-refractivity contribution >= 4 is 23.3 Å². The molecule has 19 heavy (non-hydrogen) atoms. The van der Waals surface area contributed by atoms with Gasteiger partial charge in [-0.1, -0.05) is 25.1 Å². The predicted molar refractivity (Wildman–Crippen MR) is 78.9 cm³/mol. The lowest BCUT2D eigenvalue weighted by molar-refractivity contribution is -0.112. The maximum absolute atomic E-state index is 11.4. The fraction of sp³-hybridized carbons (Fsp3) is 0.250. The van der Waals surface area contributed by atoms with Gasteiger partial charge in [-0.25, -0.2) is 4.40 Å². The van der Waals surface area contributed by atoms with Gasteiger partial charge in [0, 0.05) is 22.1 Å². The first kappa shape index (κ1) is 12.4. The molecule has 0 unspecified atom stereocenters. The number of nitrogens with zero attached hydrogens (tertiary/aromatic N) is 1. The van der Waals surface area contributed by atoms with Crippen LogP contribution < -0.4 is 10.6 Å². The van der Waals surface area contributed by atoms with E-state index < -0.39 is 0 Å². The minimum Gasteiger partial charge on any atom is -0.295 e. The number of carbonyl (C=O) groups is 1. The topological polar surface area (TPSA) is 29.4 Å². The van der Waals surface area contributed by atoms with E-state index in [-0.39, 0.29) is 5.78 Å². The summed E-state index contributed by atoms with van der Waals surface area (Å²) in [6.45, 7) is 3.75. The van der Waals surface area contributed by atoms with Crippen LogP contribution in [0.1, 0.15) is 26.7 Å². The fourth-order valence-electron chi connectivity index (χ4n) is 2.71. The Balaban J connectivity index is 2.27. The lowest BCUT2D eigenvalue weighted by Crippen LogP contribution is -2.28.